The van der Waals surface area contributed by atoms with Crippen LogP contribution in [0.25, 0.3) is 5.65 Å². The van der Waals surface area contributed by atoms with Crippen LogP contribution in [0.15, 0.2) is 30.5 Å². The van der Waals surface area contributed by atoms with Crippen LogP contribution in [0.2, 0.25) is 0 Å². The van der Waals surface area contributed by atoms with Crippen LogP contribution < -0.4 is 20.9 Å². The van der Waals surface area contributed by atoms with Crippen LogP contribution in [0.1, 0.15) is 53.7 Å². The third-order valence-corrected chi connectivity index (χ3v) is 10.2. The minimum Gasteiger partial charge on any atom is -0.385 e. The number of piperidine rings is 2. The fourth-order valence-electron chi connectivity index (χ4n) is 7.46. The number of rotatable bonds is 7. The molecule has 0 bridgehead atoms. The van der Waals surface area contributed by atoms with Gasteiger partial charge >= 0.3 is 0 Å². The Bertz CT molecular complexity index is 1520. The third-order valence-electron chi connectivity index (χ3n) is 10.2. The van der Waals surface area contributed by atoms with Crippen molar-refractivity contribution in [2.24, 2.45) is 5.41 Å². The molecular weight excluding hydrogens is 554 g/mol. The summed E-state index contributed by atoms with van der Waals surface area (Å²) in [6, 6.07) is 8.05. The molecule has 0 unspecified atom stereocenters. The molecule has 3 aromatic rings. The third kappa shape index (κ3) is 4.83. The second-order valence-electron chi connectivity index (χ2n) is 12.5. The maximum absolute atomic E-state index is 15.5. The van der Waals surface area contributed by atoms with Crippen LogP contribution in [0, 0.1) is 5.41 Å². The Hall–Kier alpha value is -3.35. The number of halogens is 2. The second-order valence-corrected chi connectivity index (χ2v) is 12.5. The molecule has 12 heteroatoms. The smallest absolute Gasteiger partial charge is 0.271 e. The van der Waals surface area contributed by atoms with Gasteiger partial charge in [-0.2, -0.15) is 0 Å². The highest BCUT2D eigenvalue weighted by Gasteiger charge is 2.56. The second kappa shape index (κ2) is 11.0. The molecule has 43 heavy (non-hydrogen) atoms. The molecule has 7 rings (SSSR count). The summed E-state index contributed by atoms with van der Waals surface area (Å²) in [6.45, 7) is 3.05. The minimum absolute atomic E-state index is 0.0241. The fraction of sp³-hybridized carbons (Fsp3) is 0.581. The number of carbonyl (C=O) groups is 1. The van der Waals surface area contributed by atoms with Gasteiger partial charge in [-0.15, -0.1) is 5.10 Å². The largest absolute Gasteiger partial charge is 0.385 e. The monoisotopic (exact) mass is 594 g/mol. The van der Waals surface area contributed by atoms with Crippen molar-refractivity contribution >= 4 is 28.7 Å². The summed E-state index contributed by atoms with van der Waals surface area (Å²) in [5.74, 6) is -2.24. The highest BCUT2D eigenvalue weighted by atomic mass is 19.3. The van der Waals surface area contributed by atoms with Crippen LogP contribution >= 0.6 is 0 Å². The molecule has 10 nitrogen and oxygen atoms in total. The summed E-state index contributed by atoms with van der Waals surface area (Å²) in [7, 11) is 3.49. The zero-order valence-corrected chi connectivity index (χ0v) is 24.8. The summed E-state index contributed by atoms with van der Waals surface area (Å²) in [5.41, 5.74) is 4.09. The Balaban J connectivity index is 1.14. The van der Waals surface area contributed by atoms with Gasteiger partial charge in [0.05, 0.1) is 30.6 Å². The zero-order chi connectivity index (χ0) is 29.8. The molecule has 1 amide bonds. The van der Waals surface area contributed by atoms with Gasteiger partial charge in [-0.3, -0.25) is 9.69 Å². The predicted octanol–water partition coefficient (Wildman–Crippen LogP) is 3.58. The molecule has 3 fully saturated rings. The molecule has 1 aromatic carbocycles. The summed E-state index contributed by atoms with van der Waals surface area (Å²) in [4.78, 5) is 21.8. The molecule has 5 heterocycles. The van der Waals surface area contributed by atoms with Crippen LogP contribution in [0.4, 0.5) is 26.0 Å². The maximum Gasteiger partial charge on any atom is 0.271 e. The molecule has 2 saturated heterocycles. The zero-order valence-electron chi connectivity index (χ0n) is 24.8. The highest BCUT2D eigenvalue weighted by Crippen LogP contribution is 2.50. The van der Waals surface area contributed by atoms with Crippen LogP contribution in [-0.4, -0.2) is 90.4 Å². The van der Waals surface area contributed by atoms with Gasteiger partial charge in [-0.05, 0) is 75.4 Å². The lowest BCUT2D eigenvalue weighted by molar-refractivity contribution is -0.181. The molecule has 4 aliphatic rings. The Kier molecular flexibility index (Phi) is 7.26. The molecule has 2 aromatic heterocycles. The number of hydrogen-bond acceptors (Lipinski definition) is 8. The average Bonchev–Trinajstić information content (AvgIpc) is 3.63. The molecule has 3 N–H and O–H groups in total. The van der Waals surface area contributed by atoms with E-state index in [1.807, 2.05) is 24.1 Å². The first-order chi connectivity index (χ1) is 20.8. The first-order valence-electron chi connectivity index (χ1n) is 15.4. The van der Waals surface area contributed by atoms with E-state index in [0.29, 0.717) is 69.1 Å². The lowest BCUT2D eigenvalue weighted by Crippen LogP contribution is -2.58. The molecule has 2 atom stereocenters. The lowest BCUT2D eigenvalue weighted by Gasteiger charge is -2.49. The van der Waals surface area contributed by atoms with E-state index in [4.69, 9.17) is 9.84 Å². The standard InChI is InChI=1S/C31H40F2N8O2/c1-34-23-16-27(38-41-25(17-36-28(23)41)29(42)37-22-6-7-26(22)43-2)40-14-8-21-20(4-3-5-24(21)40)18-39-15-11-30(31(32,33)19-39)9-12-35-13-10-30/h3-5,16-17,22,26,34-35H,6-15,18-19H2,1-2H3,(H,37,42)/t22-,26-/m1/s1. The van der Waals surface area contributed by atoms with Crippen molar-refractivity contribution < 1.29 is 18.3 Å². The van der Waals surface area contributed by atoms with Crippen molar-refractivity contribution in [3.63, 3.8) is 0 Å². The number of fused-ring (bicyclic) bond motifs is 2. The first kappa shape index (κ1) is 28.4. The molecule has 3 aliphatic heterocycles. The van der Waals surface area contributed by atoms with Crippen molar-refractivity contribution in [3.05, 3.63) is 47.3 Å². The summed E-state index contributed by atoms with van der Waals surface area (Å²) >= 11 is 0. The van der Waals surface area contributed by atoms with Crippen molar-refractivity contribution in [3.8, 4) is 0 Å². The van der Waals surface area contributed by atoms with Crippen molar-refractivity contribution in [1.82, 2.24) is 30.1 Å². The van der Waals surface area contributed by atoms with Gasteiger partial charge in [0.15, 0.2) is 17.2 Å². The van der Waals surface area contributed by atoms with Gasteiger partial charge in [-0.1, -0.05) is 12.1 Å². The SMILES string of the molecule is CNc1cc(N2CCc3c(CN4CCC5(CCNCC5)C(F)(F)C4)cccc32)nn2c(C(=O)N[C@@H]3CC[C@H]3OC)cnc12. The van der Waals surface area contributed by atoms with E-state index in [-0.39, 0.29) is 24.6 Å². The Morgan fingerprint density at radius 2 is 2.02 bits per heavy atom. The number of benzene rings is 1. The number of likely N-dealkylation sites (tertiary alicyclic amines) is 1. The van der Waals surface area contributed by atoms with Crippen molar-refractivity contribution in [2.45, 2.75) is 63.1 Å². The Morgan fingerprint density at radius 1 is 1.19 bits per heavy atom. The highest BCUT2D eigenvalue weighted by molar-refractivity contribution is 5.94. The molecule has 1 spiro atoms. The number of hydrogen-bond donors (Lipinski definition) is 3. The molecular formula is C31H40F2N8O2. The molecule has 0 radical (unpaired) electrons. The number of aromatic nitrogens is 3. The van der Waals surface area contributed by atoms with E-state index in [1.165, 1.54) is 5.56 Å². The number of imidazole rings is 1. The van der Waals surface area contributed by atoms with Gasteiger partial charge in [-0.25, -0.2) is 18.3 Å². The van der Waals surface area contributed by atoms with Crippen molar-refractivity contribution in [1.29, 1.82) is 0 Å². The number of ether oxygens (including phenoxy) is 1. The molecule has 1 saturated carbocycles. The van der Waals surface area contributed by atoms with Gasteiger partial charge in [0.1, 0.15) is 0 Å². The van der Waals surface area contributed by atoms with Gasteiger partial charge < -0.3 is 25.6 Å². The summed E-state index contributed by atoms with van der Waals surface area (Å²) in [6.07, 6.45) is 5.80. The Morgan fingerprint density at radius 3 is 2.74 bits per heavy atom. The van der Waals surface area contributed by atoms with E-state index in [2.05, 4.69) is 38.0 Å². The average molecular weight is 595 g/mol. The molecule has 1 aliphatic carbocycles. The van der Waals surface area contributed by atoms with Crippen LogP contribution in [0.3, 0.4) is 0 Å². The molecule has 230 valence electrons. The topological polar surface area (TPSA) is 99.1 Å². The van der Waals surface area contributed by atoms with Crippen LogP contribution in [0.5, 0.6) is 0 Å². The van der Waals surface area contributed by atoms with E-state index >= 15 is 8.78 Å². The first-order valence-corrected chi connectivity index (χ1v) is 15.4. The summed E-state index contributed by atoms with van der Waals surface area (Å²) in [5, 5.41) is 14.4. The number of nitrogens with zero attached hydrogens (tertiary/aromatic N) is 5. The fourth-order valence-corrected chi connectivity index (χ4v) is 7.46. The number of nitrogens with one attached hydrogen (secondary N) is 3. The van der Waals surface area contributed by atoms with Gasteiger partial charge in [0.25, 0.3) is 11.8 Å². The van der Waals surface area contributed by atoms with E-state index < -0.39 is 11.3 Å². The predicted molar refractivity (Wildman–Crippen MR) is 160 cm³/mol. The normalized spacial score (nSPS) is 24.6. The van der Waals surface area contributed by atoms with E-state index in [0.717, 1.165) is 36.2 Å². The van der Waals surface area contributed by atoms with Gasteiger partial charge in [0, 0.05) is 44.4 Å². The van der Waals surface area contributed by atoms with E-state index in [1.54, 1.807) is 17.8 Å². The lowest BCUT2D eigenvalue weighted by atomic mass is 9.69. The van der Waals surface area contributed by atoms with Crippen LogP contribution in [-0.2, 0) is 17.7 Å². The summed E-state index contributed by atoms with van der Waals surface area (Å²) < 4.78 is 38.1. The van der Waals surface area contributed by atoms with Crippen molar-refractivity contribution in [2.75, 3.05) is 57.1 Å². The number of methoxy groups -OCH3 is 1. The minimum atomic E-state index is -2.70. The van der Waals surface area contributed by atoms with Gasteiger partial charge in [0.2, 0.25) is 0 Å². The number of anilines is 3. The van der Waals surface area contributed by atoms with E-state index in [9.17, 15) is 4.79 Å². The number of carbonyl (C=O) groups excluding carboxylic acids is 1. The number of amides is 1. The quantitative estimate of drug-likeness (QED) is 0.382. The Labute approximate surface area is 250 Å². The maximum atomic E-state index is 15.5. The number of alkyl halides is 2.